The van der Waals surface area contributed by atoms with E-state index in [-0.39, 0.29) is 24.3 Å². The number of halogens is 2. The standard InChI is InChI=1S/C19H19F2NO4S/c1-10-8-14(12(3)27-10)17(23)6-7-18(24)26-11(2)19(25)22-13-4-5-15(20)16(21)9-13/h4-5,8-9,11H,6-7H2,1-3H3,(H,22,25)/t11-/m0/s1. The normalized spacial score (nSPS) is 11.7. The average Bonchev–Trinajstić information content (AvgIpc) is 2.94. The Balaban J connectivity index is 1.83. The molecule has 0 saturated carbocycles. The third kappa shape index (κ3) is 5.68. The minimum atomic E-state index is -1.15. The van der Waals surface area contributed by atoms with E-state index in [1.807, 2.05) is 13.8 Å². The fourth-order valence-electron chi connectivity index (χ4n) is 2.39. The summed E-state index contributed by atoms with van der Waals surface area (Å²) in [7, 11) is 0. The van der Waals surface area contributed by atoms with Gasteiger partial charge in [-0.25, -0.2) is 8.78 Å². The molecule has 0 fully saturated rings. The number of ketones is 1. The van der Waals surface area contributed by atoms with E-state index in [1.165, 1.54) is 24.3 Å². The van der Waals surface area contributed by atoms with Gasteiger partial charge in [0.1, 0.15) is 0 Å². The molecule has 1 aromatic carbocycles. The Kier molecular flexibility index (Phi) is 6.79. The number of amides is 1. The van der Waals surface area contributed by atoms with Gasteiger partial charge in [-0.1, -0.05) is 0 Å². The summed E-state index contributed by atoms with van der Waals surface area (Å²) in [6, 6.07) is 4.67. The summed E-state index contributed by atoms with van der Waals surface area (Å²) in [5.41, 5.74) is 0.634. The van der Waals surface area contributed by atoms with Crippen LogP contribution < -0.4 is 5.32 Å². The first-order valence-corrected chi connectivity index (χ1v) is 9.04. The van der Waals surface area contributed by atoms with E-state index in [0.717, 1.165) is 21.9 Å². The van der Waals surface area contributed by atoms with Crippen LogP contribution in [0.2, 0.25) is 0 Å². The second-order valence-electron chi connectivity index (χ2n) is 6.00. The maximum Gasteiger partial charge on any atom is 0.307 e. The molecule has 0 spiro atoms. The van der Waals surface area contributed by atoms with Gasteiger partial charge in [0.2, 0.25) is 0 Å². The van der Waals surface area contributed by atoms with Gasteiger partial charge in [-0.2, -0.15) is 0 Å². The molecule has 2 rings (SSSR count). The molecule has 5 nitrogen and oxygen atoms in total. The van der Waals surface area contributed by atoms with Crippen LogP contribution in [-0.2, 0) is 14.3 Å². The maximum atomic E-state index is 13.1. The molecule has 1 atom stereocenters. The Bertz CT molecular complexity index is 879. The van der Waals surface area contributed by atoms with Crippen LogP contribution in [0.5, 0.6) is 0 Å². The van der Waals surface area contributed by atoms with Crippen molar-refractivity contribution in [3.63, 3.8) is 0 Å². The van der Waals surface area contributed by atoms with E-state index in [0.29, 0.717) is 5.56 Å². The predicted molar refractivity (Wildman–Crippen MR) is 97.9 cm³/mol. The van der Waals surface area contributed by atoms with Gasteiger partial charge >= 0.3 is 5.97 Å². The van der Waals surface area contributed by atoms with Crippen molar-refractivity contribution < 1.29 is 27.9 Å². The molecule has 1 amide bonds. The smallest absolute Gasteiger partial charge is 0.307 e. The summed E-state index contributed by atoms with van der Waals surface area (Å²) < 4.78 is 31.0. The van der Waals surface area contributed by atoms with Gasteiger partial charge in [-0.15, -0.1) is 11.3 Å². The van der Waals surface area contributed by atoms with Gasteiger partial charge in [0.05, 0.1) is 6.42 Å². The van der Waals surface area contributed by atoms with Crippen molar-refractivity contribution in [2.45, 2.75) is 39.7 Å². The number of hydrogen-bond donors (Lipinski definition) is 1. The predicted octanol–water partition coefficient (Wildman–Crippen LogP) is 4.18. The zero-order valence-corrected chi connectivity index (χ0v) is 15.9. The Hall–Kier alpha value is -2.61. The highest BCUT2D eigenvalue weighted by Crippen LogP contribution is 2.22. The van der Waals surface area contributed by atoms with Gasteiger partial charge < -0.3 is 10.1 Å². The second kappa shape index (κ2) is 8.85. The molecular weight excluding hydrogens is 376 g/mol. The van der Waals surface area contributed by atoms with Crippen LogP contribution in [0.3, 0.4) is 0 Å². The van der Waals surface area contributed by atoms with E-state index in [2.05, 4.69) is 5.32 Å². The molecule has 0 aliphatic heterocycles. The van der Waals surface area contributed by atoms with Gasteiger partial charge in [-0.3, -0.25) is 14.4 Å². The summed E-state index contributed by atoms with van der Waals surface area (Å²) >= 11 is 1.51. The monoisotopic (exact) mass is 395 g/mol. The van der Waals surface area contributed by atoms with Crippen molar-refractivity contribution in [1.82, 2.24) is 0 Å². The summed E-state index contributed by atoms with van der Waals surface area (Å²) in [6.45, 7) is 5.09. The molecule has 27 heavy (non-hydrogen) atoms. The lowest BCUT2D eigenvalue weighted by Crippen LogP contribution is -2.30. The quantitative estimate of drug-likeness (QED) is 0.564. The summed E-state index contributed by atoms with van der Waals surface area (Å²) in [5, 5.41) is 2.33. The fourth-order valence-corrected chi connectivity index (χ4v) is 3.33. The largest absolute Gasteiger partial charge is 0.453 e. The zero-order valence-electron chi connectivity index (χ0n) is 15.1. The minimum absolute atomic E-state index is 0.0205. The van der Waals surface area contributed by atoms with Crippen LogP contribution in [-0.4, -0.2) is 23.8 Å². The Morgan fingerprint density at radius 2 is 1.81 bits per heavy atom. The summed E-state index contributed by atoms with van der Waals surface area (Å²) in [4.78, 5) is 37.9. The first-order valence-electron chi connectivity index (χ1n) is 8.23. The number of esters is 1. The number of thiophene rings is 1. The molecule has 0 aliphatic rings. The van der Waals surface area contributed by atoms with Crippen LogP contribution in [0.1, 0.15) is 39.9 Å². The maximum absolute atomic E-state index is 13.1. The minimum Gasteiger partial charge on any atom is -0.453 e. The van der Waals surface area contributed by atoms with Crippen molar-refractivity contribution in [3.05, 3.63) is 51.2 Å². The Morgan fingerprint density at radius 3 is 2.41 bits per heavy atom. The summed E-state index contributed by atoms with van der Waals surface area (Å²) in [6.07, 6.45) is -1.32. The van der Waals surface area contributed by atoms with Crippen LogP contribution in [0, 0.1) is 25.5 Å². The van der Waals surface area contributed by atoms with Crippen LogP contribution in [0.15, 0.2) is 24.3 Å². The van der Waals surface area contributed by atoms with Gasteiger partial charge in [-0.05, 0) is 39.0 Å². The first-order chi connectivity index (χ1) is 12.7. The third-order valence-electron chi connectivity index (χ3n) is 3.76. The van der Waals surface area contributed by atoms with Gasteiger partial charge in [0.25, 0.3) is 5.91 Å². The molecule has 0 radical (unpaired) electrons. The molecule has 0 aliphatic carbocycles. The average molecular weight is 395 g/mol. The van der Waals surface area contributed by atoms with Gasteiger partial charge in [0, 0.05) is 33.5 Å². The molecule has 0 unspecified atom stereocenters. The van der Waals surface area contributed by atoms with Crippen molar-refractivity contribution in [1.29, 1.82) is 0 Å². The van der Waals surface area contributed by atoms with E-state index in [1.54, 1.807) is 6.07 Å². The topological polar surface area (TPSA) is 72.5 Å². The number of Topliss-reactive ketones (excluding diaryl/α,β-unsaturated/α-hetero) is 1. The van der Waals surface area contributed by atoms with E-state index in [9.17, 15) is 23.2 Å². The number of carbonyl (C=O) groups is 3. The molecule has 0 saturated heterocycles. The lowest BCUT2D eigenvalue weighted by Gasteiger charge is -2.13. The van der Waals surface area contributed by atoms with Crippen molar-refractivity contribution in [3.8, 4) is 0 Å². The van der Waals surface area contributed by atoms with Crippen molar-refractivity contribution in [2.75, 3.05) is 5.32 Å². The molecule has 0 bridgehead atoms. The number of benzene rings is 1. The molecular formula is C19H19F2NO4S. The van der Waals surface area contributed by atoms with Crippen LogP contribution in [0.25, 0.3) is 0 Å². The Labute approximate surface area is 159 Å². The number of anilines is 1. The number of rotatable bonds is 7. The highest BCUT2D eigenvalue weighted by atomic mass is 32.1. The van der Waals surface area contributed by atoms with Crippen LogP contribution >= 0.6 is 11.3 Å². The zero-order chi connectivity index (χ0) is 20.1. The molecule has 1 aromatic heterocycles. The highest BCUT2D eigenvalue weighted by Gasteiger charge is 2.20. The van der Waals surface area contributed by atoms with Crippen molar-refractivity contribution in [2.24, 2.45) is 0 Å². The Morgan fingerprint density at radius 1 is 1.11 bits per heavy atom. The molecule has 2 aromatic rings. The molecule has 144 valence electrons. The first kappa shape index (κ1) is 20.7. The van der Waals surface area contributed by atoms with Crippen molar-refractivity contribution >= 4 is 34.7 Å². The second-order valence-corrected chi connectivity index (χ2v) is 7.46. The van der Waals surface area contributed by atoms with Gasteiger partial charge in [0.15, 0.2) is 23.5 Å². The summed E-state index contributed by atoms with van der Waals surface area (Å²) in [5.74, 6) is -3.68. The highest BCUT2D eigenvalue weighted by molar-refractivity contribution is 7.12. The van der Waals surface area contributed by atoms with E-state index < -0.39 is 29.6 Å². The number of ether oxygens (including phenoxy) is 1. The number of aryl methyl sites for hydroxylation is 2. The number of nitrogens with one attached hydrogen (secondary N) is 1. The lowest BCUT2D eigenvalue weighted by molar-refractivity contribution is -0.153. The lowest BCUT2D eigenvalue weighted by atomic mass is 10.1. The van der Waals surface area contributed by atoms with Crippen LogP contribution in [0.4, 0.5) is 14.5 Å². The fraction of sp³-hybridized carbons (Fsp3) is 0.316. The molecule has 1 N–H and O–H groups in total. The number of hydrogen-bond acceptors (Lipinski definition) is 5. The SMILES string of the molecule is Cc1cc(C(=O)CCC(=O)O[C@@H](C)C(=O)Nc2ccc(F)c(F)c2)c(C)s1. The number of carbonyl (C=O) groups excluding carboxylic acids is 3. The molecule has 8 heteroatoms. The molecule has 1 heterocycles. The third-order valence-corrected chi connectivity index (χ3v) is 4.73. The van der Waals surface area contributed by atoms with E-state index in [4.69, 9.17) is 4.74 Å². The van der Waals surface area contributed by atoms with E-state index >= 15 is 0 Å².